The number of carbonyl (C=O) groups excluding carboxylic acids is 1. The zero-order valence-corrected chi connectivity index (χ0v) is 25.4. The Morgan fingerprint density at radius 2 is 0.854 bits per heavy atom. The van der Waals surface area contributed by atoms with Gasteiger partial charge in [-0.2, -0.15) is 0 Å². The van der Waals surface area contributed by atoms with Crippen molar-refractivity contribution in [2.75, 3.05) is 6.67 Å². The lowest BCUT2D eigenvalue weighted by molar-refractivity contribution is -0.149. The van der Waals surface area contributed by atoms with E-state index in [0.717, 1.165) is 49.4 Å². The number of carboxylic acids is 4. The summed E-state index contributed by atoms with van der Waals surface area (Å²) in [4.78, 5) is 48.4. The second-order valence-corrected chi connectivity index (χ2v) is 11.5. The molecule has 13 heteroatoms. The summed E-state index contributed by atoms with van der Waals surface area (Å²) in [5.74, 6) is -1.43. The van der Waals surface area contributed by atoms with Crippen LogP contribution < -0.4 is 22.9 Å². The van der Waals surface area contributed by atoms with Crippen molar-refractivity contribution in [3.8, 4) is 0 Å². The molecule has 3 aliphatic carbocycles. The van der Waals surface area contributed by atoms with Crippen LogP contribution >= 0.6 is 0 Å². The molecule has 0 bridgehead atoms. The van der Waals surface area contributed by atoms with E-state index < -0.39 is 36.7 Å². The highest BCUT2D eigenvalue weighted by Gasteiger charge is 2.30. The second-order valence-electron chi connectivity index (χ2n) is 11.5. The molecule has 0 aromatic rings. The SMILES string of the molecule is C.C.C.C.C.C.CC1CC(CC2CCC(N)C(C)C2)CCC1N.NCN.O=C(O)CC(=O)O.O=C(O)CC(=O)O.O=C1CCCCCC1. The number of carboxylic acid groups (broad SMARTS) is 4. The van der Waals surface area contributed by atoms with Gasteiger partial charge in [0.15, 0.2) is 0 Å². The quantitative estimate of drug-likeness (QED) is 0.0827. The minimum absolute atomic E-state index is 0. The largest absolute Gasteiger partial charge is 0.481 e. The second kappa shape index (κ2) is 38.8. The third kappa shape index (κ3) is 39.6. The van der Waals surface area contributed by atoms with Gasteiger partial charge in [0, 0.05) is 31.6 Å². The van der Waals surface area contributed by atoms with Crippen LogP contribution in [0.25, 0.3) is 0 Å². The van der Waals surface area contributed by atoms with Gasteiger partial charge < -0.3 is 43.4 Å². The molecule has 6 unspecified atom stereocenters. The van der Waals surface area contributed by atoms with Gasteiger partial charge in [0.25, 0.3) is 0 Å². The maximum absolute atomic E-state index is 10.7. The molecule has 3 saturated carbocycles. The number of carbonyl (C=O) groups is 5. The van der Waals surface area contributed by atoms with Crippen molar-refractivity contribution in [2.24, 2.45) is 46.6 Å². The minimum atomic E-state index is -1.31. The third-order valence-corrected chi connectivity index (χ3v) is 7.62. The first kappa shape index (κ1) is 64.0. The normalized spacial score (nSPS) is 23.5. The molecule has 6 atom stereocenters. The molecule has 12 N–H and O–H groups in total. The van der Waals surface area contributed by atoms with Gasteiger partial charge in [-0.1, -0.05) is 71.2 Å². The van der Waals surface area contributed by atoms with Crippen molar-refractivity contribution in [3.05, 3.63) is 0 Å². The molecule has 0 radical (unpaired) electrons. The van der Waals surface area contributed by atoms with E-state index in [1.807, 2.05) is 0 Å². The van der Waals surface area contributed by atoms with Crippen molar-refractivity contribution in [1.29, 1.82) is 0 Å². The van der Waals surface area contributed by atoms with Gasteiger partial charge in [-0.15, -0.1) is 0 Å². The van der Waals surface area contributed by atoms with E-state index in [-0.39, 0.29) is 51.2 Å². The third-order valence-electron chi connectivity index (χ3n) is 7.62. The molecule has 0 aliphatic heterocycles. The number of nitrogens with two attached hydrogens (primary N) is 4. The molecule has 0 heterocycles. The van der Waals surface area contributed by atoms with Crippen LogP contribution in [-0.4, -0.2) is 68.8 Å². The minimum Gasteiger partial charge on any atom is -0.481 e. The molecule has 0 spiro atoms. The number of ketones is 1. The van der Waals surface area contributed by atoms with Gasteiger partial charge in [0.2, 0.25) is 0 Å². The number of hydrogen-bond acceptors (Lipinski definition) is 9. The summed E-state index contributed by atoms with van der Waals surface area (Å²) in [5.41, 5.74) is 21.4. The van der Waals surface area contributed by atoms with Gasteiger partial charge in [-0.05, 0) is 81.5 Å². The van der Waals surface area contributed by atoms with E-state index in [2.05, 4.69) is 25.3 Å². The van der Waals surface area contributed by atoms with Crippen LogP contribution in [0.2, 0.25) is 0 Å². The summed E-state index contributed by atoms with van der Waals surface area (Å²) >= 11 is 0. The maximum Gasteiger partial charge on any atom is 0.314 e. The van der Waals surface area contributed by atoms with Crippen molar-refractivity contribution in [1.82, 2.24) is 0 Å². The van der Waals surface area contributed by atoms with Crippen LogP contribution in [0, 0.1) is 23.7 Å². The first-order valence-corrected chi connectivity index (χ1v) is 14.9. The number of rotatable bonds is 6. The van der Waals surface area contributed by atoms with Crippen LogP contribution in [0.3, 0.4) is 0 Å². The monoisotopic (exact) mass is 701 g/mol. The smallest absolute Gasteiger partial charge is 0.314 e. The summed E-state index contributed by atoms with van der Waals surface area (Å²) < 4.78 is 0. The van der Waals surface area contributed by atoms with Crippen LogP contribution in [0.4, 0.5) is 0 Å². The Kier molecular flexibility index (Phi) is 51.8. The van der Waals surface area contributed by atoms with Gasteiger partial charge >= 0.3 is 23.9 Å². The lowest BCUT2D eigenvalue weighted by Gasteiger charge is -2.37. The summed E-state index contributed by atoms with van der Waals surface area (Å²) in [7, 11) is 0. The summed E-state index contributed by atoms with van der Waals surface area (Å²) in [5, 5.41) is 30.8. The highest BCUT2D eigenvalue weighted by molar-refractivity contribution is 5.89. The standard InChI is InChI=1S/C15H30N2.C7H12O.2C3H4O4.CH6N2.6CH4/c1-10-7-12(3-5-14(10)16)9-13-4-6-15(17)11(2)8-13;8-7-5-3-1-2-4-6-7;2*4-2(5)1-3(6)7;2-1-3;;;;;;/h10-15H,3-9,16-17H2,1-2H3;1-6H2;2*1H2,(H,4,5)(H,6,7);1-3H2;6*1H4. The molecule has 0 aromatic carbocycles. The van der Waals surface area contributed by atoms with Crippen LogP contribution in [0.15, 0.2) is 0 Å². The molecule has 3 aliphatic rings. The van der Waals surface area contributed by atoms with Crippen LogP contribution in [-0.2, 0) is 24.0 Å². The van der Waals surface area contributed by atoms with Gasteiger partial charge in [-0.25, -0.2) is 0 Å². The summed E-state index contributed by atoms with van der Waals surface area (Å²) in [6, 6.07) is 0.926. The van der Waals surface area contributed by atoms with E-state index >= 15 is 0 Å². The highest BCUT2D eigenvalue weighted by atomic mass is 16.4. The fourth-order valence-electron chi connectivity index (χ4n) is 5.34. The molecule has 13 nitrogen and oxygen atoms in total. The molecule has 0 amide bonds. The van der Waals surface area contributed by atoms with Gasteiger partial charge in [0.05, 0.1) is 0 Å². The summed E-state index contributed by atoms with van der Waals surface area (Å²) in [6.07, 6.45) is 14.3. The zero-order valence-electron chi connectivity index (χ0n) is 25.4. The Balaban J connectivity index is -0.0000000745. The lowest BCUT2D eigenvalue weighted by Crippen LogP contribution is -2.37. The van der Waals surface area contributed by atoms with Gasteiger partial charge in [-0.3, -0.25) is 24.0 Å². The first-order chi connectivity index (χ1) is 19.6. The Hall–Kier alpha value is -2.61. The molecular formula is C35H80N4O9. The average Bonchev–Trinajstić information content (AvgIpc) is 3.11. The molecule has 0 aromatic heterocycles. The molecule has 3 rings (SSSR count). The zero-order chi connectivity index (χ0) is 32.7. The van der Waals surface area contributed by atoms with Gasteiger partial charge in [0.1, 0.15) is 18.6 Å². The number of Topliss-reactive ketones (excluding diaryl/α,β-unsaturated/α-hetero) is 1. The van der Waals surface area contributed by atoms with Crippen LogP contribution in [0.1, 0.15) is 155 Å². The van der Waals surface area contributed by atoms with Crippen molar-refractivity contribution in [3.63, 3.8) is 0 Å². The topological polar surface area (TPSA) is 270 Å². The summed E-state index contributed by atoms with van der Waals surface area (Å²) in [6.45, 7) is 4.91. The van der Waals surface area contributed by atoms with E-state index in [1.54, 1.807) is 0 Å². The molecule has 294 valence electrons. The number of hydrogen-bond donors (Lipinski definition) is 8. The Morgan fingerprint density at radius 1 is 0.583 bits per heavy atom. The lowest BCUT2D eigenvalue weighted by atomic mass is 9.71. The Bertz CT molecular complexity index is 716. The molecule has 48 heavy (non-hydrogen) atoms. The molecule has 0 saturated heterocycles. The average molecular weight is 701 g/mol. The van der Waals surface area contributed by atoms with E-state index in [1.165, 1.54) is 57.8 Å². The van der Waals surface area contributed by atoms with Crippen molar-refractivity contribution >= 4 is 29.7 Å². The first-order valence-electron chi connectivity index (χ1n) is 14.9. The fraction of sp³-hybridized carbons (Fsp3) is 0.857. The Labute approximate surface area is 294 Å². The van der Waals surface area contributed by atoms with Crippen LogP contribution in [0.5, 0.6) is 0 Å². The van der Waals surface area contributed by atoms with E-state index in [4.69, 9.17) is 31.9 Å². The van der Waals surface area contributed by atoms with Crippen molar-refractivity contribution in [2.45, 2.75) is 167 Å². The number of aliphatic carboxylic acids is 4. The predicted octanol–water partition coefficient (Wildman–Crippen LogP) is 6.58. The molecule has 3 fully saturated rings. The maximum atomic E-state index is 10.7. The van der Waals surface area contributed by atoms with Crippen molar-refractivity contribution < 1.29 is 44.4 Å². The highest BCUT2D eigenvalue weighted by Crippen LogP contribution is 2.38. The van der Waals surface area contributed by atoms with E-state index in [0.29, 0.717) is 17.9 Å². The van der Waals surface area contributed by atoms with E-state index in [9.17, 15) is 24.0 Å². The predicted molar refractivity (Wildman–Crippen MR) is 200 cm³/mol. The molecular weight excluding hydrogens is 620 g/mol. The Morgan fingerprint density at radius 3 is 1.06 bits per heavy atom. The fourth-order valence-corrected chi connectivity index (χ4v) is 5.34.